The number of benzene rings is 2. The number of nitrogens with one attached hydrogen (secondary N) is 2. The summed E-state index contributed by atoms with van der Waals surface area (Å²) in [6, 6.07) is 16.1. The number of nitrogens with zero attached hydrogens (tertiary/aromatic N) is 1. The highest BCUT2D eigenvalue weighted by atomic mass is 35.5. The number of hydrogen-bond donors (Lipinski definition) is 2. The van der Waals surface area contributed by atoms with Crippen molar-refractivity contribution in [3.63, 3.8) is 0 Å². The van der Waals surface area contributed by atoms with Crippen molar-refractivity contribution in [3.8, 4) is 0 Å². The first-order chi connectivity index (χ1) is 12.1. The predicted molar refractivity (Wildman–Crippen MR) is 101 cm³/mol. The monoisotopic (exact) mass is 359 g/mol. The zero-order chi connectivity index (χ0) is 18.1. The maximum Gasteiger partial charge on any atom is 0.314 e. The van der Waals surface area contributed by atoms with E-state index in [1.807, 2.05) is 37.3 Å². The number of amides is 3. The molecule has 0 unspecified atom stereocenters. The van der Waals surface area contributed by atoms with Gasteiger partial charge in [0.15, 0.2) is 0 Å². The molecule has 5 nitrogen and oxygen atoms in total. The number of carbonyl (C=O) groups is 2. The molecule has 2 N–H and O–H groups in total. The van der Waals surface area contributed by atoms with Crippen LogP contribution in [0.2, 0.25) is 5.02 Å². The van der Waals surface area contributed by atoms with Crippen molar-refractivity contribution in [3.05, 3.63) is 65.2 Å². The third-order valence-corrected chi connectivity index (χ3v) is 3.84. The van der Waals surface area contributed by atoms with Crippen LogP contribution < -0.4 is 15.5 Å². The van der Waals surface area contributed by atoms with Crippen LogP contribution in [0.25, 0.3) is 0 Å². The Labute approximate surface area is 153 Å². The van der Waals surface area contributed by atoms with Gasteiger partial charge >= 0.3 is 6.03 Å². The zero-order valence-corrected chi connectivity index (χ0v) is 14.9. The van der Waals surface area contributed by atoms with Crippen molar-refractivity contribution in [1.82, 2.24) is 10.6 Å². The van der Waals surface area contributed by atoms with E-state index < -0.39 is 0 Å². The minimum absolute atomic E-state index is 0.0964. The molecule has 2 aromatic carbocycles. The Hall–Kier alpha value is -2.53. The number of carbonyl (C=O) groups excluding carboxylic acids is 2. The SMILES string of the molecule is CCNC(=O)NCCCN(C(=O)c1ccc(Cl)cc1)c1ccccc1. The van der Waals surface area contributed by atoms with Gasteiger partial charge in [0.2, 0.25) is 0 Å². The Balaban J connectivity index is 2.05. The van der Waals surface area contributed by atoms with Crippen molar-refractivity contribution < 1.29 is 9.59 Å². The molecule has 6 heteroatoms. The average Bonchev–Trinajstić information content (AvgIpc) is 2.63. The summed E-state index contributed by atoms with van der Waals surface area (Å²) in [5.41, 5.74) is 1.39. The van der Waals surface area contributed by atoms with Gasteiger partial charge in [0.1, 0.15) is 0 Å². The second-order valence-electron chi connectivity index (χ2n) is 5.44. The lowest BCUT2D eigenvalue weighted by Crippen LogP contribution is -2.38. The first kappa shape index (κ1) is 18.8. The summed E-state index contributed by atoms with van der Waals surface area (Å²) in [6.07, 6.45) is 0.644. The Morgan fingerprint density at radius 2 is 1.68 bits per heavy atom. The van der Waals surface area contributed by atoms with Gasteiger partial charge in [-0.1, -0.05) is 29.8 Å². The molecule has 0 fully saturated rings. The Bertz CT molecular complexity index is 690. The number of para-hydroxylation sites is 1. The summed E-state index contributed by atoms with van der Waals surface area (Å²) in [7, 11) is 0. The molecule has 0 aliphatic heterocycles. The third-order valence-electron chi connectivity index (χ3n) is 3.59. The summed E-state index contributed by atoms with van der Waals surface area (Å²) in [6.45, 7) is 3.43. The smallest absolute Gasteiger partial charge is 0.314 e. The van der Waals surface area contributed by atoms with E-state index in [4.69, 9.17) is 11.6 Å². The van der Waals surface area contributed by atoms with Crippen LogP contribution in [-0.4, -0.2) is 31.6 Å². The number of anilines is 1. The van der Waals surface area contributed by atoms with Crippen LogP contribution in [0.1, 0.15) is 23.7 Å². The lowest BCUT2D eigenvalue weighted by atomic mass is 10.1. The van der Waals surface area contributed by atoms with Crippen LogP contribution in [0.5, 0.6) is 0 Å². The van der Waals surface area contributed by atoms with Gasteiger partial charge in [-0.25, -0.2) is 4.79 Å². The van der Waals surface area contributed by atoms with Crippen LogP contribution in [-0.2, 0) is 0 Å². The van der Waals surface area contributed by atoms with E-state index in [0.717, 1.165) is 5.69 Å². The molecule has 132 valence electrons. The summed E-state index contributed by atoms with van der Waals surface area (Å²) >= 11 is 5.90. The van der Waals surface area contributed by atoms with Gasteiger partial charge in [0.05, 0.1) is 0 Å². The van der Waals surface area contributed by atoms with E-state index in [0.29, 0.717) is 36.6 Å². The lowest BCUT2D eigenvalue weighted by Gasteiger charge is -2.23. The molecule has 3 amide bonds. The molecular formula is C19H22ClN3O2. The fourth-order valence-corrected chi connectivity index (χ4v) is 2.49. The first-order valence-electron chi connectivity index (χ1n) is 8.26. The summed E-state index contributed by atoms with van der Waals surface area (Å²) in [5, 5.41) is 6.04. The number of urea groups is 1. The van der Waals surface area contributed by atoms with Gasteiger partial charge in [-0.2, -0.15) is 0 Å². The van der Waals surface area contributed by atoms with Crippen molar-refractivity contribution in [2.45, 2.75) is 13.3 Å². The van der Waals surface area contributed by atoms with Gasteiger partial charge in [-0.05, 0) is 49.7 Å². The molecule has 2 aromatic rings. The van der Waals surface area contributed by atoms with E-state index in [1.54, 1.807) is 29.2 Å². The largest absolute Gasteiger partial charge is 0.338 e. The Kier molecular flexibility index (Phi) is 7.29. The van der Waals surface area contributed by atoms with Crippen LogP contribution in [0.3, 0.4) is 0 Å². The summed E-state index contributed by atoms with van der Waals surface area (Å²) < 4.78 is 0. The molecule has 0 radical (unpaired) electrons. The summed E-state index contributed by atoms with van der Waals surface area (Å²) in [5.74, 6) is -0.0964. The highest BCUT2D eigenvalue weighted by molar-refractivity contribution is 6.30. The van der Waals surface area contributed by atoms with Crippen LogP contribution in [0.4, 0.5) is 10.5 Å². The zero-order valence-electron chi connectivity index (χ0n) is 14.2. The molecule has 0 bridgehead atoms. The standard InChI is InChI=1S/C19H22ClN3O2/c1-2-21-19(25)22-13-6-14-23(17-7-4-3-5-8-17)18(24)15-9-11-16(20)12-10-15/h3-5,7-12H,2,6,13-14H2,1H3,(H2,21,22,25). The topological polar surface area (TPSA) is 61.4 Å². The molecule has 2 rings (SSSR count). The second-order valence-corrected chi connectivity index (χ2v) is 5.88. The normalized spacial score (nSPS) is 10.2. The predicted octanol–water partition coefficient (Wildman–Crippen LogP) is 3.70. The fourth-order valence-electron chi connectivity index (χ4n) is 2.37. The van der Waals surface area contributed by atoms with Crippen molar-refractivity contribution in [1.29, 1.82) is 0 Å². The fraction of sp³-hybridized carbons (Fsp3) is 0.263. The van der Waals surface area contributed by atoms with E-state index in [-0.39, 0.29) is 11.9 Å². The molecular weight excluding hydrogens is 338 g/mol. The number of hydrogen-bond acceptors (Lipinski definition) is 2. The molecule has 0 aromatic heterocycles. The van der Waals surface area contributed by atoms with Gasteiger partial charge in [0, 0.05) is 35.9 Å². The molecule has 0 aliphatic carbocycles. The second kappa shape index (κ2) is 9.69. The van der Waals surface area contributed by atoms with Gasteiger partial charge in [-0.3, -0.25) is 4.79 Å². The van der Waals surface area contributed by atoms with Crippen LogP contribution in [0.15, 0.2) is 54.6 Å². The van der Waals surface area contributed by atoms with Crippen LogP contribution in [0, 0.1) is 0 Å². The van der Waals surface area contributed by atoms with Gasteiger partial charge < -0.3 is 15.5 Å². The highest BCUT2D eigenvalue weighted by Crippen LogP contribution is 2.18. The quantitative estimate of drug-likeness (QED) is 0.740. The lowest BCUT2D eigenvalue weighted by molar-refractivity contribution is 0.0986. The number of halogens is 1. The first-order valence-corrected chi connectivity index (χ1v) is 8.63. The average molecular weight is 360 g/mol. The van der Waals surface area contributed by atoms with E-state index >= 15 is 0 Å². The van der Waals surface area contributed by atoms with Gasteiger partial charge in [-0.15, -0.1) is 0 Å². The maximum atomic E-state index is 12.9. The van der Waals surface area contributed by atoms with Crippen molar-refractivity contribution in [2.75, 3.05) is 24.5 Å². The molecule has 0 spiro atoms. The molecule has 0 heterocycles. The molecule has 0 saturated carbocycles. The van der Waals surface area contributed by atoms with E-state index in [2.05, 4.69) is 10.6 Å². The molecule has 0 atom stereocenters. The minimum Gasteiger partial charge on any atom is -0.338 e. The van der Waals surface area contributed by atoms with Crippen molar-refractivity contribution in [2.24, 2.45) is 0 Å². The minimum atomic E-state index is -0.196. The highest BCUT2D eigenvalue weighted by Gasteiger charge is 2.17. The Morgan fingerprint density at radius 3 is 2.32 bits per heavy atom. The van der Waals surface area contributed by atoms with E-state index in [1.165, 1.54) is 0 Å². The summed E-state index contributed by atoms with van der Waals surface area (Å²) in [4.78, 5) is 26.0. The van der Waals surface area contributed by atoms with Crippen molar-refractivity contribution >= 4 is 29.2 Å². The van der Waals surface area contributed by atoms with Crippen LogP contribution >= 0.6 is 11.6 Å². The van der Waals surface area contributed by atoms with E-state index in [9.17, 15) is 9.59 Å². The molecule has 0 aliphatic rings. The molecule has 25 heavy (non-hydrogen) atoms. The third kappa shape index (κ3) is 5.80. The molecule has 0 saturated heterocycles. The van der Waals surface area contributed by atoms with Gasteiger partial charge in [0.25, 0.3) is 5.91 Å². The Morgan fingerprint density at radius 1 is 1.00 bits per heavy atom. The number of rotatable bonds is 7. The maximum absolute atomic E-state index is 12.9.